The summed E-state index contributed by atoms with van der Waals surface area (Å²) in [6.07, 6.45) is 0. The van der Waals surface area contributed by atoms with Gasteiger partial charge in [0, 0.05) is 12.7 Å². The van der Waals surface area contributed by atoms with Gasteiger partial charge in [0.05, 0.1) is 12.7 Å². The van der Waals surface area contributed by atoms with E-state index in [0.29, 0.717) is 11.4 Å². The number of rotatable bonds is 2. The molecule has 1 aromatic heterocycles. The maximum Gasteiger partial charge on any atom is 0.338 e. The first-order chi connectivity index (χ1) is 6.17. The van der Waals surface area contributed by atoms with Crippen LogP contribution in [0.5, 0.6) is 0 Å². The predicted molar refractivity (Wildman–Crippen MR) is 49.9 cm³/mol. The number of aryl methyl sites for hydroxylation is 1. The monoisotopic (exact) mass is 180 g/mol. The van der Waals surface area contributed by atoms with E-state index < -0.39 is 0 Å². The topological polar surface area (TPSA) is 51.2 Å². The van der Waals surface area contributed by atoms with Crippen LogP contribution >= 0.6 is 0 Å². The summed E-state index contributed by atoms with van der Waals surface area (Å²) in [6, 6.07) is 3.34. The van der Waals surface area contributed by atoms with Crippen molar-refractivity contribution >= 4 is 11.8 Å². The Bertz CT molecular complexity index is 323. The van der Waals surface area contributed by atoms with Gasteiger partial charge in [-0.3, -0.25) is 0 Å². The largest absolute Gasteiger partial charge is 0.465 e. The summed E-state index contributed by atoms with van der Waals surface area (Å²) < 4.78 is 4.60. The quantitative estimate of drug-likeness (QED) is 0.695. The highest BCUT2D eigenvalue weighted by Crippen LogP contribution is 2.10. The molecule has 0 atom stereocenters. The molecule has 13 heavy (non-hydrogen) atoms. The predicted octanol–water partition coefficient (Wildman–Crippen LogP) is 1.22. The molecule has 0 spiro atoms. The number of hydrogen-bond donors (Lipinski definition) is 1. The highest BCUT2D eigenvalue weighted by atomic mass is 16.5. The molecule has 1 rings (SSSR count). The van der Waals surface area contributed by atoms with Gasteiger partial charge in [0.2, 0.25) is 0 Å². The average molecular weight is 180 g/mol. The molecule has 0 aliphatic heterocycles. The SMILES string of the molecule is CNc1cc(C(=O)OC)cc(C)n1. The van der Waals surface area contributed by atoms with Gasteiger partial charge in [0.1, 0.15) is 5.82 Å². The smallest absolute Gasteiger partial charge is 0.338 e. The summed E-state index contributed by atoms with van der Waals surface area (Å²) in [5.41, 5.74) is 1.30. The van der Waals surface area contributed by atoms with Crippen molar-refractivity contribution in [1.82, 2.24) is 4.98 Å². The fourth-order valence-electron chi connectivity index (χ4n) is 1.03. The number of esters is 1. The zero-order chi connectivity index (χ0) is 9.84. The van der Waals surface area contributed by atoms with Crippen LogP contribution in [0.25, 0.3) is 0 Å². The molecule has 4 nitrogen and oxygen atoms in total. The molecule has 0 saturated heterocycles. The minimum atomic E-state index is -0.345. The van der Waals surface area contributed by atoms with E-state index in [1.165, 1.54) is 7.11 Å². The van der Waals surface area contributed by atoms with Gasteiger partial charge in [-0.05, 0) is 19.1 Å². The third-order valence-corrected chi connectivity index (χ3v) is 1.63. The van der Waals surface area contributed by atoms with Gasteiger partial charge in [-0.15, -0.1) is 0 Å². The Labute approximate surface area is 76.9 Å². The molecule has 4 heteroatoms. The number of aromatic nitrogens is 1. The van der Waals surface area contributed by atoms with E-state index in [4.69, 9.17) is 0 Å². The Balaban J connectivity index is 3.08. The molecule has 0 aliphatic carbocycles. The van der Waals surface area contributed by atoms with Gasteiger partial charge >= 0.3 is 5.97 Å². The van der Waals surface area contributed by atoms with Crippen molar-refractivity contribution in [2.75, 3.05) is 19.5 Å². The molecule has 1 N–H and O–H groups in total. The van der Waals surface area contributed by atoms with Crippen LogP contribution in [0.4, 0.5) is 5.82 Å². The van der Waals surface area contributed by atoms with Crippen molar-refractivity contribution in [2.45, 2.75) is 6.92 Å². The molecule has 1 aromatic rings. The lowest BCUT2D eigenvalue weighted by atomic mass is 10.2. The second-order valence-corrected chi connectivity index (χ2v) is 2.62. The molecular weight excluding hydrogens is 168 g/mol. The van der Waals surface area contributed by atoms with Crippen molar-refractivity contribution in [2.24, 2.45) is 0 Å². The first kappa shape index (κ1) is 9.51. The van der Waals surface area contributed by atoms with E-state index in [-0.39, 0.29) is 5.97 Å². The maximum atomic E-state index is 11.2. The maximum absolute atomic E-state index is 11.2. The number of carbonyl (C=O) groups is 1. The number of ether oxygens (including phenoxy) is 1. The third kappa shape index (κ3) is 2.18. The van der Waals surface area contributed by atoms with Gasteiger partial charge in [-0.1, -0.05) is 0 Å². The van der Waals surface area contributed by atoms with Crippen LogP contribution in [-0.2, 0) is 4.74 Å². The molecule has 0 aliphatic rings. The lowest BCUT2D eigenvalue weighted by Gasteiger charge is -2.04. The molecule has 0 saturated carbocycles. The number of nitrogens with zero attached hydrogens (tertiary/aromatic N) is 1. The van der Waals surface area contributed by atoms with Crippen molar-refractivity contribution in [3.8, 4) is 0 Å². The van der Waals surface area contributed by atoms with Crippen LogP contribution in [-0.4, -0.2) is 25.1 Å². The van der Waals surface area contributed by atoms with Gasteiger partial charge < -0.3 is 10.1 Å². The zero-order valence-electron chi connectivity index (χ0n) is 7.92. The van der Waals surface area contributed by atoms with Gasteiger partial charge in [0.25, 0.3) is 0 Å². The number of methoxy groups -OCH3 is 1. The Hall–Kier alpha value is -1.58. The number of carbonyl (C=O) groups excluding carboxylic acids is 1. The molecule has 0 amide bonds. The first-order valence-electron chi connectivity index (χ1n) is 3.92. The summed E-state index contributed by atoms with van der Waals surface area (Å²) in [4.78, 5) is 15.3. The van der Waals surface area contributed by atoms with Crippen LogP contribution in [0.1, 0.15) is 16.1 Å². The molecule has 0 aromatic carbocycles. The molecule has 0 bridgehead atoms. The summed E-state index contributed by atoms with van der Waals surface area (Å²) in [7, 11) is 3.11. The summed E-state index contributed by atoms with van der Waals surface area (Å²) in [6.45, 7) is 1.83. The average Bonchev–Trinajstić information content (AvgIpc) is 2.15. The van der Waals surface area contributed by atoms with E-state index in [1.807, 2.05) is 6.92 Å². The molecule has 1 heterocycles. The Kier molecular flexibility index (Phi) is 2.84. The van der Waals surface area contributed by atoms with Crippen LogP contribution in [0.15, 0.2) is 12.1 Å². The molecular formula is C9H12N2O2. The summed E-state index contributed by atoms with van der Waals surface area (Å²) in [5.74, 6) is 0.322. The standard InChI is InChI=1S/C9H12N2O2/c1-6-4-7(9(12)13-3)5-8(10-2)11-6/h4-5H,1-3H3,(H,10,11). The third-order valence-electron chi connectivity index (χ3n) is 1.63. The second-order valence-electron chi connectivity index (χ2n) is 2.62. The number of anilines is 1. The van der Waals surface area contributed by atoms with Crippen molar-refractivity contribution in [1.29, 1.82) is 0 Å². The Morgan fingerprint density at radius 1 is 1.54 bits per heavy atom. The van der Waals surface area contributed by atoms with Gasteiger partial charge in [-0.25, -0.2) is 9.78 Å². The fraction of sp³-hybridized carbons (Fsp3) is 0.333. The van der Waals surface area contributed by atoms with Crippen LogP contribution < -0.4 is 5.32 Å². The highest BCUT2D eigenvalue weighted by Gasteiger charge is 2.07. The second kappa shape index (κ2) is 3.89. The van der Waals surface area contributed by atoms with E-state index in [1.54, 1.807) is 19.2 Å². The number of pyridine rings is 1. The van der Waals surface area contributed by atoms with Crippen LogP contribution in [0.2, 0.25) is 0 Å². The van der Waals surface area contributed by atoms with E-state index in [9.17, 15) is 4.79 Å². The Morgan fingerprint density at radius 2 is 2.23 bits per heavy atom. The lowest BCUT2D eigenvalue weighted by molar-refractivity contribution is 0.0600. The van der Waals surface area contributed by atoms with Gasteiger partial charge in [-0.2, -0.15) is 0 Å². The van der Waals surface area contributed by atoms with Gasteiger partial charge in [0.15, 0.2) is 0 Å². The van der Waals surface area contributed by atoms with E-state index in [0.717, 1.165) is 5.69 Å². The normalized spacial score (nSPS) is 9.46. The fourth-order valence-corrected chi connectivity index (χ4v) is 1.03. The van der Waals surface area contributed by atoms with Crippen molar-refractivity contribution < 1.29 is 9.53 Å². The van der Waals surface area contributed by atoms with E-state index >= 15 is 0 Å². The number of nitrogens with one attached hydrogen (secondary N) is 1. The zero-order valence-corrected chi connectivity index (χ0v) is 7.92. The highest BCUT2D eigenvalue weighted by molar-refractivity contribution is 5.90. The van der Waals surface area contributed by atoms with Crippen molar-refractivity contribution in [3.63, 3.8) is 0 Å². The minimum absolute atomic E-state index is 0.345. The minimum Gasteiger partial charge on any atom is -0.465 e. The summed E-state index contributed by atoms with van der Waals surface area (Å²) in [5, 5.41) is 2.87. The molecule has 0 radical (unpaired) electrons. The summed E-state index contributed by atoms with van der Waals surface area (Å²) >= 11 is 0. The van der Waals surface area contributed by atoms with Crippen LogP contribution in [0.3, 0.4) is 0 Å². The molecule has 0 unspecified atom stereocenters. The van der Waals surface area contributed by atoms with Crippen molar-refractivity contribution in [3.05, 3.63) is 23.4 Å². The van der Waals surface area contributed by atoms with E-state index in [2.05, 4.69) is 15.0 Å². The molecule has 0 fully saturated rings. The first-order valence-corrected chi connectivity index (χ1v) is 3.92. The lowest BCUT2D eigenvalue weighted by Crippen LogP contribution is -2.04. The number of hydrogen-bond acceptors (Lipinski definition) is 4. The molecule has 70 valence electrons. The van der Waals surface area contributed by atoms with Crippen LogP contribution in [0, 0.1) is 6.92 Å². The Morgan fingerprint density at radius 3 is 2.77 bits per heavy atom.